The van der Waals surface area contributed by atoms with Gasteiger partial charge in [-0.2, -0.15) is 26.3 Å². The lowest BCUT2D eigenvalue weighted by molar-refractivity contribution is -0.321. The fourth-order valence-corrected chi connectivity index (χ4v) is 2.14. The monoisotopic (exact) mass is 293 g/mol. The molecule has 1 rings (SSSR count). The lowest BCUT2D eigenvalue weighted by Crippen LogP contribution is -2.45. The maximum atomic E-state index is 12.1. The molecule has 1 fully saturated rings. The molecule has 0 atom stereocenters. The van der Waals surface area contributed by atoms with Gasteiger partial charge in [0.15, 0.2) is 0 Å². The third-order valence-corrected chi connectivity index (χ3v) is 3.07. The molecule has 0 amide bonds. The standard InChI is InChI=1S/C11H17F6NO/c12-10(13,14)9(11(15,16)17)19-6-5-18-7-8-3-1-2-4-8/h8-9,18H,1-7H2. The molecule has 1 aliphatic carbocycles. The highest BCUT2D eigenvalue weighted by Gasteiger charge is 2.57. The fraction of sp³-hybridized carbons (Fsp3) is 1.00. The molecule has 0 aromatic heterocycles. The predicted octanol–water partition coefficient (Wildman–Crippen LogP) is 3.28. The van der Waals surface area contributed by atoms with E-state index in [9.17, 15) is 26.3 Å². The highest BCUT2D eigenvalue weighted by Crippen LogP contribution is 2.35. The van der Waals surface area contributed by atoms with Crippen LogP contribution in [-0.4, -0.2) is 38.2 Å². The van der Waals surface area contributed by atoms with Crippen molar-refractivity contribution in [3.05, 3.63) is 0 Å². The van der Waals surface area contributed by atoms with Crippen molar-refractivity contribution >= 4 is 0 Å². The van der Waals surface area contributed by atoms with Crippen LogP contribution in [0.25, 0.3) is 0 Å². The van der Waals surface area contributed by atoms with Crippen LogP contribution < -0.4 is 5.32 Å². The van der Waals surface area contributed by atoms with Gasteiger partial charge in [-0.3, -0.25) is 0 Å². The van der Waals surface area contributed by atoms with Crippen LogP contribution in [0.1, 0.15) is 25.7 Å². The van der Waals surface area contributed by atoms with Crippen molar-refractivity contribution < 1.29 is 31.1 Å². The first-order valence-electron chi connectivity index (χ1n) is 6.17. The van der Waals surface area contributed by atoms with E-state index < -0.39 is 25.1 Å². The number of ether oxygens (including phenoxy) is 1. The summed E-state index contributed by atoms with van der Waals surface area (Å²) in [6, 6.07) is 0. The fourth-order valence-electron chi connectivity index (χ4n) is 2.14. The van der Waals surface area contributed by atoms with E-state index in [2.05, 4.69) is 10.1 Å². The number of nitrogens with one attached hydrogen (secondary N) is 1. The van der Waals surface area contributed by atoms with Gasteiger partial charge in [0.05, 0.1) is 6.61 Å². The van der Waals surface area contributed by atoms with Crippen molar-refractivity contribution in [3.63, 3.8) is 0 Å². The normalized spacial score (nSPS) is 18.5. The zero-order valence-electron chi connectivity index (χ0n) is 10.3. The molecule has 0 bridgehead atoms. The van der Waals surface area contributed by atoms with Crippen LogP contribution in [0.4, 0.5) is 26.3 Å². The Morgan fingerprint density at radius 1 is 1.00 bits per heavy atom. The molecule has 0 aliphatic heterocycles. The predicted molar refractivity (Wildman–Crippen MR) is 56.7 cm³/mol. The first-order chi connectivity index (χ1) is 8.71. The molecule has 19 heavy (non-hydrogen) atoms. The van der Waals surface area contributed by atoms with Gasteiger partial charge in [0.1, 0.15) is 0 Å². The van der Waals surface area contributed by atoms with Gasteiger partial charge < -0.3 is 10.1 Å². The van der Waals surface area contributed by atoms with E-state index in [4.69, 9.17) is 0 Å². The Morgan fingerprint density at radius 3 is 2.00 bits per heavy atom. The summed E-state index contributed by atoms with van der Waals surface area (Å²) in [4.78, 5) is 0. The molecular formula is C11H17F6NO. The van der Waals surface area contributed by atoms with Crippen molar-refractivity contribution in [1.29, 1.82) is 0 Å². The molecular weight excluding hydrogens is 276 g/mol. The second kappa shape index (κ2) is 6.78. The maximum absolute atomic E-state index is 12.1. The number of hydrogen-bond acceptors (Lipinski definition) is 2. The number of hydrogen-bond donors (Lipinski definition) is 1. The van der Waals surface area contributed by atoms with Crippen LogP contribution in [-0.2, 0) is 4.74 Å². The minimum Gasteiger partial charge on any atom is -0.360 e. The highest BCUT2D eigenvalue weighted by molar-refractivity contribution is 4.76. The van der Waals surface area contributed by atoms with Gasteiger partial charge >= 0.3 is 12.4 Å². The highest BCUT2D eigenvalue weighted by atomic mass is 19.4. The molecule has 114 valence electrons. The molecule has 0 radical (unpaired) electrons. The van der Waals surface area contributed by atoms with Gasteiger partial charge in [-0.15, -0.1) is 0 Å². The van der Waals surface area contributed by atoms with Crippen molar-refractivity contribution in [2.24, 2.45) is 5.92 Å². The average Bonchev–Trinajstić information content (AvgIpc) is 2.72. The summed E-state index contributed by atoms with van der Waals surface area (Å²) >= 11 is 0. The molecule has 1 N–H and O–H groups in total. The van der Waals surface area contributed by atoms with E-state index in [1.54, 1.807) is 0 Å². The molecule has 0 saturated heterocycles. The van der Waals surface area contributed by atoms with Crippen molar-refractivity contribution in [2.45, 2.75) is 44.1 Å². The number of alkyl halides is 6. The molecule has 0 aromatic rings. The van der Waals surface area contributed by atoms with Crippen LogP contribution in [0.15, 0.2) is 0 Å². The lowest BCUT2D eigenvalue weighted by Gasteiger charge is -2.23. The summed E-state index contributed by atoms with van der Waals surface area (Å²) in [5.74, 6) is 0.473. The van der Waals surface area contributed by atoms with E-state index >= 15 is 0 Å². The Morgan fingerprint density at radius 2 is 1.53 bits per heavy atom. The van der Waals surface area contributed by atoms with E-state index in [0.717, 1.165) is 25.7 Å². The van der Waals surface area contributed by atoms with E-state index in [0.29, 0.717) is 12.5 Å². The summed E-state index contributed by atoms with van der Waals surface area (Å²) in [5, 5.41) is 2.83. The third kappa shape index (κ3) is 5.99. The molecule has 0 spiro atoms. The topological polar surface area (TPSA) is 21.3 Å². The lowest BCUT2D eigenvalue weighted by atomic mass is 10.1. The molecule has 0 heterocycles. The summed E-state index contributed by atoms with van der Waals surface area (Å²) in [7, 11) is 0. The largest absolute Gasteiger partial charge is 0.423 e. The first kappa shape index (κ1) is 16.6. The third-order valence-electron chi connectivity index (χ3n) is 3.07. The second-order valence-electron chi connectivity index (χ2n) is 4.69. The Hall–Kier alpha value is -0.500. The van der Waals surface area contributed by atoms with Gasteiger partial charge in [-0.25, -0.2) is 0 Å². The second-order valence-corrected chi connectivity index (χ2v) is 4.69. The molecule has 0 unspecified atom stereocenters. The minimum atomic E-state index is -5.43. The molecule has 8 heteroatoms. The SMILES string of the molecule is FC(F)(F)C(OCCNCC1CCCC1)C(F)(F)F. The van der Waals surface area contributed by atoms with E-state index in [1.165, 1.54) is 0 Å². The van der Waals surface area contributed by atoms with Gasteiger partial charge in [0, 0.05) is 6.54 Å². The minimum absolute atomic E-state index is 0.0147. The van der Waals surface area contributed by atoms with Crippen LogP contribution in [0, 0.1) is 5.92 Å². The van der Waals surface area contributed by atoms with E-state index in [-0.39, 0.29) is 6.54 Å². The smallest absolute Gasteiger partial charge is 0.360 e. The van der Waals surface area contributed by atoms with Gasteiger partial charge in [-0.05, 0) is 25.3 Å². The number of rotatable bonds is 6. The van der Waals surface area contributed by atoms with Crippen LogP contribution >= 0.6 is 0 Å². The zero-order valence-corrected chi connectivity index (χ0v) is 10.3. The summed E-state index contributed by atoms with van der Waals surface area (Å²) in [6.45, 7) is -0.0123. The Labute approximate surface area is 107 Å². The van der Waals surface area contributed by atoms with Crippen LogP contribution in [0.2, 0.25) is 0 Å². The van der Waals surface area contributed by atoms with Crippen molar-refractivity contribution in [2.75, 3.05) is 19.7 Å². The number of halogens is 6. The van der Waals surface area contributed by atoms with Gasteiger partial charge in [0.25, 0.3) is 0 Å². The van der Waals surface area contributed by atoms with Crippen LogP contribution in [0.3, 0.4) is 0 Å². The summed E-state index contributed by atoms with van der Waals surface area (Å²) in [5.41, 5.74) is 0. The maximum Gasteiger partial charge on any atom is 0.423 e. The van der Waals surface area contributed by atoms with Crippen molar-refractivity contribution in [3.8, 4) is 0 Å². The summed E-state index contributed by atoms with van der Waals surface area (Å²) in [6.07, 6.45) is -10.2. The van der Waals surface area contributed by atoms with Crippen LogP contribution in [0.5, 0.6) is 0 Å². The molecule has 1 aliphatic rings. The Bertz CT molecular complexity index is 245. The Balaban J connectivity index is 2.21. The quantitative estimate of drug-likeness (QED) is 0.599. The Kier molecular flexibility index (Phi) is 5.91. The van der Waals surface area contributed by atoms with Crippen molar-refractivity contribution in [1.82, 2.24) is 5.32 Å². The average molecular weight is 293 g/mol. The molecule has 0 aromatic carbocycles. The summed E-state index contributed by atoms with van der Waals surface area (Å²) < 4.78 is 76.6. The van der Waals surface area contributed by atoms with Gasteiger partial charge in [-0.1, -0.05) is 12.8 Å². The van der Waals surface area contributed by atoms with E-state index in [1.807, 2.05) is 0 Å². The first-order valence-corrected chi connectivity index (χ1v) is 6.17. The molecule has 1 saturated carbocycles. The molecule has 2 nitrogen and oxygen atoms in total. The zero-order chi connectivity index (χ0) is 14.5. The van der Waals surface area contributed by atoms with Gasteiger partial charge in [0.2, 0.25) is 6.10 Å².